The van der Waals surface area contributed by atoms with Crippen LogP contribution >= 0.6 is 0 Å². The Morgan fingerprint density at radius 3 is 1.58 bits per heavy atom. The molecule has 0 atom stereocenters. The molecule has 0 amide bonds. The lowest BCUT2D eigenvalue weighted by molar-refractivity contribution is -0.109. The second-order valence-electron chi connectivity index (χ2n) is 12.8. The molecule has 2 rings (SSSR count). The summed E-state index contributed by atoms with van der Waals surface area (Å²) >= 11 is 0. The summed E-state index contributed by atoms with van der Waals surface area (Å²) in [6.45, 7) is 16.1. The molecule has 0 fully saturated rings. The number of imidazole rings is 1. The van der Waals surface area contributed by atoms with Gasteiger partial charge in [-0.1, -0.05) is 37.6 Å². The Morgan fingerprint density at radius 2 is 1.19 bits per heavy atom. The SMILES string of the molecule is CCCCc1nc(C(=N)N)c(C(=N)OC(C)C)n1Cc1ccc(CNC)cc1.NCCOCCOCCOCCOCCOCCOCCOCCOCCC=O. The molecule has 0 radical (unpaired) electrons. The highest BCUT2D eigenvalue weighted by molar-refractivity contribution is 6.04. The molecule has 0 unspecified atom stereocenters. The second kappa shape index (κ2) is 35.8. The second-order valence-corrected chi connectivity index (χ2v) is 12.8. The first-order chi connectivity index (χ1) is 27.8. The van der Waals surface area contributed by atoms with Crippen LogP contribution in [0.3, 0.4) is 0 Å². The van der Waals surface area contributed by atoms with Crippen molar-refractivity contribution in [3.05, 3.63) is 52.6 Å². The largest absolute Gasteiger partial charge is 0.474 e. The molecule has 1 aromatic carbocycles. The first-order valence-electron chi connectivity index (χ1n) is 20.0. The molecule has 7 N–H and O–H groups in total. The highest BCUT2D eigenvalue weighted by Crippen LogP contribution is 2.19. The van der Waals surface area contributed by atoms with E-state index >= 15 is 0 Å². The van der Waals surface area contributed by atoms with E-state index in [0.29, 0.717) is 137 Å². The zero-order valence-electron chi connectivity index (χ0n) is 34.9. The number of unbranched alkanes of at least 4 members (excludes halogenated alkanes) is 1. The molecule has 0 aliphatic carbocycles. The van der Waals surface area contributed by atoms with E-state index in [0.717, 1.165) is 43.5 Å². The van der Waals surface area contributed by atoms with Crippen LogP contribution in [0.1, 0.15) is 68.4 Å². The van der Waals surface area contributed by atoms with Gasteiger partial charge < -0.3 is 68.8 Å². The molecule has 1 heterocycles. The van der Waals surface area contributed by atoms with Crippen LogP contribution in [0.25, 0.3) is 0 Å². The molecule has 326 valence electrons. The van der Waals surface area contributed by atoms with Crippen LogP contribution in [0.2, 0.25) is 0 Å². The summed E-state index contributed by atoms with van der Waals surface area (Å²) in [5.74, 6) is 0.689. The molecule has 2 aromatic rings. The molecule has 1 aromatic heterocycles. The van der Waals surface area contributed by atoms with Crippen molar-refractivity contribution < 1.29 is 47.4 Å². The van der Waals surface area contributed by atoms with Crippen molar-refractivity contribution >= 4 is 18.0 Å². The quantitative estimate of drug-likeness (QED) is 0.0289. The third-order valence-electron chi connectivity index (χ3n) is 7.62. The van der Waals surface area contributed by atoms with Gasteiger partial charge in [-0.3, -0.25) is 10.8 Å². The Kier molecular flexibility index (Phi) is 32.4. The van der Waals surface area contributed by atoms with Crippen LogP contribution in [0, 0.1) is 10.8 Å². The molecule has 0 aliphatic heterocycles. The number of aryl methyl sites for hydroxylation is 1. The average molecular weight is 810 g/mol. The Labute approximate surface area is 339 Å². The molecule has 0 bridgehead atoms. The van der Waals surface area contributed by atoms with Gasteiger partial charge in [-0.15, -0.1) is 0 Å². The average Bonchev–Trinajstić information content (AvgIpc) is 3.56. The minimum absolute atomic E-state index is 0.00208. The van der Waals surface area contributed by atoms with Crippen LogP contribution in [-0.2, 0) is 66.9 Å². The number of carbonyl (C=O) groups is 1. The Bertz CT molecular complexity index is 1300. The number of ether oxygens (including phenoxy) is 9. The van der Waals surface area contributed by atoms with E-state index in [4.69, 9.17) is 64.9 Å². The topological polar surface area (TPSA) is 230 Å². The molecule has 0 spiro atoms. The first kappa shape index (κ1) is 51.7. The maximum absolute atomic E-state index is 10.1. The number of nitrogen functional groups attached to an aromatic ring is 1. The number of rotatable bonds is 36. The molecule has 0 saturated carbocycles. The summed E-state index contributed by atoms with van der Waals surface area (Å²) in [7, 11) is 1.93. The van der Waals surface area contributed by atoms with Gasteiger partial charge in [0.1, 0.15) is 29.3 Å². The fourth-order valence-corrected chi connectivity index (χ4v) is 4.91. The summed E-state index contributed by atoms with van der Waals surface area (Å²) in [4.78, 5) is 14.7. The van der Waals surface area contributed by atoms with E-state index in [-0.39, 0.29) is 17.8 Å². The highest BCUT2D eigenvalue weighted by atomic mass is 16.6. The van der Waals surface area contributed by atoms with Crippen molar-refractivity contribution in [2.24, 2.45) is 11.5 Å². The number of aromatic nitrogens is 2. The van der Waals surface area contributed by atoms with E-state index in [1.54, 1.807) is 0 Å². The van der Waals surface area contributed by atoms with Crippen molar-refractivity contribution in [3.63, 3.8) is 0 Å². The van der Waals surface area contributed by atoms with Gasteiger partial charge in [0.15, 0.2) is 0 Å². The molecular formula is C40H71N7O10. The van der Waals surface area contributed by atoms with Crippen molar-refractivity contribution in [1.29, 1.82) is 10.8 Å². The minimum Gasteiger partial charge on any atom is -0.474 e. The molecule has 0 aliphatic rings. The Hall–Kier alpha value is -3.36. The zero-order chi connectivity index (χ0) is 41.8. The third-order valence-corrected chi connectivity index (χ3v) is 7.62. The molecule has 17 heteroatoms. The van der Waals surface area contributed by atoms with Crippen LogP contribution < -0.4 is 16.8 Å². The van der Waals surface area contributed by atoms with E-state index in [1.807, 2.05) is 25.5 Å². The van der Waals surface area contributed by atoms with Crippen LogP contribution in [0.4, 0.5) is 0 Å². The lowest BCUT2D eigenvalue weighted by atomic mass is 10.1. The van der Waals surface area contributed by atoms with E-state index in [9.17, 15) is 4.79 Å². The first-order valence-corrected chi connectivity index (χ1v) is 20.0. The number of benzene rings is 1. The lowest BCUT2D eigenvalue weighted by Crippen LogP contribution is -2.22. The predicted octanol–water partition coefficient (Wildman–Crippen LogP) is 2.69. The smallest absolute Gasteiger partial charge is 0.233 e. The van der Waals surface area contributed by atoms with Crippen molar-refractivity contribution in [3.8, 4) is 0 Å². The fraction of sp³-hybridized carbons (Fsp3) is 0.700. The van der Waals surface area contributed by atoms with Gasteiger partial charge in [0.25, 0.3) is 0 Å². The van der Waals surface area contributed by atoms with Gasteiger partial charge in [0, 0.05) is 32.5 Å². The van der Waals surface area contributed by atoms with Crippen LogP contribution in [0.15, 0.2) is 24.3 Å². The highest BCUT2D eigenvalue weighted by Gasteiger charge is 2.24. The summed E-state index contributed by atoms with van der Waals surface area (Å²) in [5.41, 5.74) is 14.2. The monoisotopic (exact) mass is 810 g/mol. The Morgan fingerprint density at radius 1 is 0.754 bits per heavy atom. The molecular weight excluding hydrogens is 738 g/mol. The van der Waals surface area contributed by atoms with Gasteiger partial charge >= 0.3 is 0 Å². The fourth-order valence-electron chi connectivity index (χ4n) is 4.91. The van der Waals surface area contributed by atoms with Crippen molar-refractivity contribution in [2.75, 3.05) is 119 Å². The number of hydrogen-bond acceptors (Lipinski definition) is 15. The number of hydrogen-bond donors (Lipinski definition) is 5. The molecule has 17 nitrogen and oxygen atoms in total. The van der Waals surface area contributed by atoms with Gasteiger partial charge in [-0.25, -0.2) is 4.98 Å². The van der Waals surface area contributed by atoms with E-state index < -0.39 is 0 Å². The minimum atomic E-state index is -0.145. The van der Waals surface area contributed by atoms with Crippen LogP contribution in [0.5, 0.6) is 0 Å². The number of nitrogens with one attached hydrogen (secondary N) is 3. The summed E-state index contributed by atoms with van der Waals surface area (Å²) in [5, 5.41) is 19.5. The molecule has 57 heavy (non-hydrogen) atoms. The van der Waals surface area contributed by atoms with E-state index in [2.05, 4.69) is 41.5 Å². The predicted molar refractivity (Wildman–Crippen MR) is 219 cm³/mol. The number of nitrogens with two attached hydrogens (primary N) is 2. The summed E-state index contributed by atoms with van der Waals surface area (Å²) in [6.07, 6.45) is 3.90. The van der Waals surface area contributed by atoms with Gasteiger partial charge in [-0.2, -0.15) is 0 Å². The summed E-state index contributed by atoms with van der Waals surface area (Å²) < 4.78 is 50.2. The molecule has 0 saturated heterocycles. The van der Waals surface area contributed by atoms with Crippen molar-refractivity contribution in [2.45, 2.75) is 65.6 Å². The number of amidine groups is 1. The zero-order valence-corrected chi connectivity index (χ0v) is 34.9. The van der Waals surface area contributed by atoms with Crippen LogP contribution in [-0.4, -0.2) is 153 Å². The maximum Gasteiger partial charge on any atom is 0.233 e. The van der Waals surface area contributed by atoms with E-state index in [1.165, 1.54) is 5.56 Å². The summed E-state index contributed by atoms with van der Waals surface area (Å²) in [6, 6.07) is 8.35. The standard InChI is InChI=1S/C21H32N6O.C19H39NO9/c1-5-6-7-17-26-18(20(22)23)19(21(24)28-14(2)3)27(17)13-16-10-8-15(9-11-16)12-25-4;20-2-5-23-7-9-25-11-13-27-15-17-29-19-18-28-16-14-26-12-10-24-8-6-22-4-1-3-21/h8-11,14,24-25H,5-7,12-13H2,1-4H3,(H3,22,23);3H,1-2,4-20H2. The lowest BCUT2D eigenvalue weighted by Gasteiger charge is -2.16. The maximum atomic E-state index is 10.1. The van der Waals surface area contributed by atoms with Crippen molar-refractivity contribution in [1.82, 2.24) is 14.9 Å². The number of nitrogens with zero attached hydrogens (tertiary/aromatic N) is 2. The van der Waals surface area contributed by atoms with Gasteiger partial charge in [0.05, 0.1) is 112 Å². The number of aldehydes is 1. The number of carbonyl (C=O) groups excluding carboxylic acids is 1. The Balaban J connectivity index is 0.000000570. The third kappa shape index (κ3) is 26.3. The normalized spacial score (nSPS) is 11.1. The van der Waals surface area contributed by atoms with Gasteiger partial charge in [0.2, 0.25) is 5.90 Å². The van der Waals surface area contributed by atoms with Gasteiger partial charge in [-0.05, 0) is 38.4 Å².